The van der Waals surface area contributed by atoms with E-state index in [4.69, 9.17) is 0 Å². The van der Waals surface area contributed by atoms with Crippen molar-refractivity contribution >= 4 is 22.6 Å². The normalized spacial score (nSPS) is 12.4. The highest BCUT2D eigenvalue weighted by atomic mass is 127. The van der Waals surface area contributed by atoms with Crippen molar-refractivity contribution in [1.82, 2.24) is 0 Å². The van der Waals surface area contributed by atoms with Crippen LogP contribution in [-0.4, -0.2) is 0 Å². The SMILES string of the molecule is CC(C)(C)C(I)(c1ccccc1)c1ccccc1. The highest BCUT2D eigenvalue weighted by Gasteiger charge is 2.42. The summed E-state index contributed by atoms with van der Waals surface area (Å²) < 4.78 is -0.00667. The minimum atomic E-state index is -0.00667. The average Bonchev–Trinajstić information content (AvgIpc) is 2.38. The van der Waals surface area contributed by atoms with Crippen molar-refractivity contribution in [3.63, 3.8) is 0 Å². The molecule has 1 heteroatoms. The second-order valence-corrected chi connectivity index (χ2v) is 7.26. The van der Waals surface area contributed by atoms with Crippen LogP contribution >= 0.6 is 22.6 Å². The molecule has 94 valence electrons. The molecule has 0 spiro atoms. The van der Waals surface area contributed by atoms with Gasteiger partial charge in [0.05, 0.1) is 3.42 Å². The van der Waals surface area contributed by atoms with E-state index >= 15 is 0 Å². The molecule has 18 heavy (non-hydrogen) atoms. The van der Waals surface area contributed by atoms with Crippen molar-refractivity contribution in [1.29, 1.82) is 0 Å². The highest BCUT2D eigenvalue weighted by Crippen LogP contribution is 2.52. The topological polar surface area (TPSA) is 0 Å². The first kappa shape index (κ1) is 13.6. The lowest BCUT2D eigenvalue weighted by Gasteiger charge is -2.41. The first-order chi connectivity index (χ1) is 8.46. The molecule has 2 aromatic carbocycles. The van der Waals surface area contributed by atoms with Crippen molar-refractivity contribution in [3.05, 3.63) is 71.8 Å². The van der Waals surface area contributed by atoms with Crippen LogP contribution in [-0.2, 0) is 3.42 Å². The molecule has 0 atom stereocenters. The number of alkyl halides is 1. The number of rotatable bonds is 2. The van der Waals surface area contributed by atoms with Crippen molar-refractivity contribution in [3.8, 4) is 0 Å². The van der Waals surface area contributed by atoms with E-state index in [0.29, 0.717) is 0 Å². The summed E-state index contributed by atoms with van der Waals surface area (Å²) in [5.41, 5.74) is 2.88. The van der Waals surface area contributed by atoms with Crippen molar-refractivity contribution in [2.45, 2.75) is 24.2 Å². The molecule has 0 heterocycles. The zero-order valence-corrected chi connectivity index (χ0v) is 13.3. The van der Waals surface area contributed by atoms with Gasteiger partial charge in [-0.25, -0.2) is 0 Å². The monoisotopic (exact) mass is 350 g/mol. The molecular formula is C17H19I. The Labute approximate surface area is 124 Å². The molecule has 0 fully saturated rings. The molecule has 0 N–H and O–H groups in total. The van der Waals surface area contributed by atoms with E-state index < -0.39 is 0 Å². The lowest BCUT2D eigenvalue weighted by Crippen LogP contribution is -2.35. The second-order valence-electron chi connectivity index (χ2n) is 5.64. The minimum absolute atomic E-state index is 0.00667. The zero-order chi connectivity index (χ0) is 13.2. The summed E-state index contributed by atoms with van der Waals surface area (Å²) in [5, 5.41) is 0. The summed E-state index contributed by atoms with van der Waals surface area (Å²) in [6.07, 6.45) is 0. The van der Waals surface area contributed by atoms with E-state index in [-0.39, 0.29) is 8.84 Å². The smallest absolute Gasteiger partial charge is 0.0678 e. The van der Waals surface area contributed by atoms with Crippen LogP contribution in [0, 0.1) is 5.41 Å². The van der Waals surface area contributed by atoms with Crippen LogP contribution in [0.25, 0.3) is 0 Å². The Morgan fingerprint density at radius 1 is 0.667 bits per heavy atom. The van der Waals surface area contributed by atoms with Gasteiger partial charge in [-0.3, -0.25) is 0 Å². The third-order valence-electron chi connectivity index (χ3n) is 3.38. The van der Waals surface area contributed by atoms with Crippen LogP contribution in [0.2, 0.25) is 0 Å². The third kappa shape index (κ3) is 2.33. The molecule has 0 aromatic heterocycles. The summed E-state index contributed by atoms with van der Waals surface area (Å²) in [5.74, 6) is 0. The summed E-state index contributed by atoms with van der Waals surface area (Å²) in [7, 11) is 0. The summed E-state index contributed by atoms with van der Waals surface area (Å²) >= 11 is 2.61. The van der Waals surface area contributed by atoms with Crippen molar-refractivity contribution < 1.29 is 0 Å². The minimum Gasteiger partial charge on any atom is -0.0678 e. The molecule has 2 rings (SSSR count). The molecule has 0 nitrogen and oxygen atoms in total. The largest absolute Gasteiger partial charge is 0.0766 e. The standard InChI is InChI=1S/C17H19I/c1-16(2,3)17(18,14-10-6-4-7-11-14)15-12-8-5-9-13-15/h4-13H,1-3H3. The van der Waals surface area contributed by atoms with Gasteiger partial charge in [0, 0.05) is 0 Å². The Morgan fingerprint density at radius 3 is 1.28 bits per heavy atom. The van der Waals surface area contributed by atoms with Gasteiger partial charge < -0.3 is 0 Å². The van der Waals surface area contributed by atoms with Gasteiger partial charge in [0.15, 0.2) is 0 Å². The molecule has 0 aliphatic heterocycles. The number of hydrogen-bond donors (Lipinski definition) is 0. The van der Waals surface area contributed by atoms with Gasteiger partial charge in [0.25, 0.3) is 0 Å². The summed E-state index contributed by atoms with van der Waals surface area (Å²) in [6, 6.07) is 21.6. The molecule has 0 amide bonds. The first-order valence-corrected chi connectivity index (χ1v) is 7.34. The van der Waals surface area contributed by atoms with Gasteiger partial charge >= 0.3 is 0 Å². The van der Waals surface area contributed by atoms with E-state index in [0.717, 1.165) is 0 Å². The van der Waals surface area contributed by atoms with Crippen LogP contribution in [0.5, 0.6) is 0 Å². The summed E-state index contributed by atoms with van der Waals surface area (Å²) in [4.78, 5) is 0. The fourth-order valence-corrected chi connectivity index (χ4v) is 3.09. The van der Waals surface area contributed by atoms with Crippen molar-refractivity contribution in [2.75, 3.05) is 0 Å². The number of hydrogen-bond acceptors (Lipinski definition) is 0. The van der Waals surface area contributed by atoms with Crippen LogP contribution < -0.4 is 0 Å². The van der Waals surface area contributed by atoms with E-state index in [9.17, 15) is 0 Å². The molecule has 0 aliphatic rings. The molecule has 0 unspecified atom stereocenters. The Kier molecular flexibility index (Phi) is 3.81. The van der Waals surface area contributed by atoms with Gasteiger partial charge in [-0.15, -0.1) is 0 Å². The van der Waals surface area contributed by atoms with Gasteiger partial charge in [-0.05, 0) is 16.5 Å². The zero-order valence-electron chi connectivity index (χ0n) is 11.2. The Bertz CT molecular complexity index is 455. The highest BCUT2D eigenvalue weighted by molar-refractivity contribution is 14.1. The maximum atomic E-state index is 2.61. The second kappa shape index (κ2) is 5.04. The fraction of sp³-hybridized carbons (Fsp3) is 0.294. The van der Waals surface area contributed by atoms with Crippen molar-refractivity contribution in [2.24, 2.45) is 5.41 Å². The molecule has 0 radical (unpaired) electrons. The fourth-order valence-electron chi connectivity index (χ4n) is 2.37. The van der Waals surface area contributed by atoms with Crippen LogP contribution in [0.15, 0.2) is 60.7 Å². The van der Waals surface area contributed by atoms with Gasteiger partial charge in [0.1, 0.15) is 0 Å². The van der Waals surface area contributed by atoms with E-state index in [1.54, 1.807) is 0 Å². The average molecular weight is 350 g/mol. The predicted molar refractivity (Wildman–Crippen MR) is 87.1 cm³/mol. The Morgan fingerprint density at radius 2 is 1.00 bits per heavy atom. The molecule has 0 bridgehead atoms. The third-order valence-corrected chi connectivity index (χ3v) is 6.24. The molecule has 0 saturated heterocycles. The van der Waals surface area contributed by atoms with Crippen LogP contribution in [0.1, 0.15) is 31.9 Å². The quantitative estimate of drug-likeness (QED) is 0.502. The van der Waals surface area contributed by atoms with Crippen LogP contribution in [0.3, 0.4) is 0 Å². The lowest BCUT2D eigenvalue weighted by atomic mass is 9.72. The van der Waals surface area contributed by atoms with Gasteiger partial charge in [-0.1, -0.05) is 104 Å². The Hall–Kier alpha value is -0.830. The van der Waals surface area contributed by atoms with E-state index in [2.05, 4.69) is 104 Å². The molecular weight excluding hydrogens is 331 g/mol. The maximum Gasteiger partial charge on any atom is 0.0766 e. The molecule has 0 aliphatic carbocycles. The van der Waals surface area contributed by atoms with E-state index in [1.165, 1.54) is 11.1 Å². The number of benzene rings is 2. The molecule has 0 saturated carbocycles. The van der Waals surface area contributed by atoms with E-state index in [1.807, 2.05) is 0 Å². The van der Waals surface area contributed by atoms with Gasteiger partial charge in [0.2, 0.25) is 0 Å². The predicted octanol–water partition coefficient (Wildman–Crippen LogP) is 5.41. The number of halogens is 1. The maximum absolute atomic E-state index is 2.61. The Balaban J connectivity index is 2.63. The van der Waals surface area contributed by atoms with Gasteiger partial charge in [-0.2, -0.15) is 0 Å². The van der Waals surface area contributed by atoms with Crippen LogP contribution in [0.4, 0.5) is 0 Å². The lowest BCUT2D eigenvalue weighted by molar-refractivity contribution is 0.342. The summed E-state index contributed by atoms with van der Waals surface area (Å²) in [6.45, 7) is 6.91. The first-order valence-electron chi connectivity index (χ1n) is 6.26. The molecule has 2 aromatic rings.